The maximum atomic E-state index is 6.02. The first kappa shape index (κ1) is 13.9. The SMILES string of the molecule is CCC1(c2nnc(CCl)n2C(C)(C)C)CCCC1. The number of alkyl halides is 1. The molecule has 1 aromatic heterocycles. The summed E-state index contributed by atoms with van der Waals surface area (Å²) in [5.41, 5.74) is 0.221. The van der Waals surface area contributed by atoms with Gasteiger partial charge in [0.1, 0.15) is 11.6 Å². The lowest BCUT2D eigenvalue weighted by Crippen LogP contribution is -2.33. The van der Waals surface area contributed by atoms with Gasteiger partial charge in [0.15, 0.2) is 0 Å². The highest BCUT2D eigenvalue weighted by Gasteiger charge is 2.40. The van der Waals surface area contributed by atoms with Gasteiger partial charge in [-0.1, -0.05) is 19.8 Å². The van der Waals surface area contributed by atoms with Crippen molar-refractivity contribution >= 4 is 11.6 Å². The molecule has 0 saturated heterocycles. The Balaban J connectivity index is 2.54. The van der Waals surface area contributed by atoms with E-state index in [1.165, 1.54) is 25.7 Å². The Hall–Kier alpha value is -0.570. The Morgan fingerprint density at radius 2 is 1.83 bits per heavy atom. The van der Waals surface area contributed by atoms with E-state index in [1.54, 1.807) is 0 Å². The normalized spacial score (nSPS) is 19.4. The van der Waals surface area contributed by atoms with Crippen molar-refractivity contribution in [2.75, 3.05) is 0 Å². The minimum Gasteiger partial charge on any atom is -0.308 e. The lowest BCUT2D eigenvalue weighted by atomic mass is 9.82. The molecule has 0 amide bonds. The first-order valence-corrected chi connectivity index (χ1v) is 7.49. The van der Waals surface area contributed by atoms with Gasteiger partial charge in [-0.15, -0.1) is 21.8 Å². The molecule has 2 rings (SSSR count). The summed E-state index contributed by atoms with van der Waals surface area (Å²) in [5, 5.41) is 8.83. The van der Waals surface area contributed by atoms with Gasteiger partial charge in [0.25, 0.3) is 0 Å². The average molecular weight is 270 g/mol. The third-order valence-electron chi connectivity index (χ3n) is 4.23. The highest BCUT2D eigenvalue weighted by Crippen LogP contribution is 2.44. The molecule has 1 heterocycles. The topological polar surface area (TPSA) is 30.7 Å². The third-order valence-corrected chi connectivity index (χ3v) is 4.47. The van der Waals surface area contributed by atoms with Crippen LogP contribution in [-0.2, 0) is 16.8 Å². The van der Waals surface area contributed by atoms with Crippen LogP contribution in [0.2, 0.25) is 0 Å². The van der Waals surface area contributed by atoms with E-state index in [4.69, 9.17) is 11.6 Å². The van der Waals surface area contributed by atoms with E-state index in [1.807, 2.05) is 0 Å². The summed E-state index contributed by atoms with van der Waals surface area (Å²) in [4.78, 5) is 0. The molecule has 102 valence electrons. The Bertz CT molecular complexity index is 411. The molecule has 1 aromatic rings. The summed E-state index contributed by atoms with van der Waals surface area (Å²) in [6.07, 6.45) is 6.23. The largest absolute Gasteiger partial charge is 0.308 e. The number of hydrogen-bond donors (Lipinski definition) is 0. The lowest BCUT2D eigenvalue weighted by molar-refractivity contribution is 0.311. The standard InChI is InChI=1S/C14H24ClN3/c1-5-14(8-6-7-9-14)12-17-16-11(10-15)18(12)13(2,3)4/h5-10H2,1-4H3. The number of halogens is 1. The second-order valence-electron chi connectivity index (χ2n) is 6.42. The fourth-order valence-corrected chi connectivity index (χ4v) is 3.41. The molecule has 0 atom stereocenters. The Kier molecular flexibility index (Phi) is 3.72. The molecular weight excluding hydrogens is 246 g/mol. The summed E-state index contributed by atoms with van der Waals surface area (Å²) >= 11 is 6.02. The number of nitrogens with zero attached hydrogens (tertiary/aromatic N) is 3. The Morgan fingerprint density at radius 1 is 1.22 bits per heavy atom. The van der Waals surface area contributed by atoms with E-state index in [2.05, 4.69) is 42.5 Å². The van der Waals surface area contributed by atoms with E-state index in [-0.39, 0.29) is 11.0 Å². The van der Waals surface area contributed by atoms with E-state index in [9.17, 15) is 0 Å². The van der Waals surface area contributed by atoms with Gasteiger partial charge in [0.2, 0.25) is 0 Å². The Labute approximate surface area is 115 Å². The van der Waals surface area contributed by atoms with Crippen molar-refractivity contribution in [3.05, 3.63) is 11.6 Å². The van der Waals surface area contributed by atoms with E-state index in [0.717, 1.165) is 18.1 Å². The van der Waals surface area contributed by atoms with Crippen LogP contribution in [0.15, 0.2) is 0 Å². The molecule has 0 bridgehead atoms. The van der Waals surface area contributed by atoms with Crippen LogP contribution in [0.4, 0.5) is 0 Å². The van der Waals surface area contributed by atoms with Crippen LogP contribution in [0.1, 0.15) is 71.4 Å². The van der Waals surface area contributed by atoms with Crippen molar-refractivity contribution < 1.29 is 0 Å². The molecule has 4 heteroatoms. The maximum Gasteiger partial charge on any atom is 0.148 e. The highest BCUT2D eigenvalue weighted by molar-refractivity contribution is 6.16. The van der Waals surface area contributed by atoms with E-state index >= 15 is 0 Å². The minimum atomic E-state index is -0.00613. The van der Waals surface area contributed by atoms with Crippen LogP contribution in [0.5, 0.6) is 0 Å². The van der Waals surface area contributed by atoms with Crippen molar-refractivity contribution in [2.24, 2.45) is 0 Å². The monoisotopic (exact) mass is 269 g/mol. The molecule has 0 aromatic carbocycles. The molecular formula is C14H24ClN3. The summed E-state index contributed by atoms with van der Waals surface area (Å²) in [6, 6.07) is 0. The van der Waals surface area contributed by atoms with Crippen molar-refractivity contribution in [2.45, 2.75) is 76.6 Å². The van der Waals surface area contributed by atoms with Gasteiger partial charge in [0.05, 0.1) is 5.88 Å². The molecule has 18 heavy (non-hydrogen) atoms. The van der Waals surface area contributed by atoms with E-state index in [0.29, 0.717) is 5.88 Å². The third kappa shape index (κ3) is 2.18. The number of hydrogen-bond acceptors (Lipinski definition) is 2. The van der Waals surface area contributed by atoms with Gasteiger partial charge in [-0.05, 0) is 40.0 Å². The molecule has 0 aliphatic heterocycles. The van der Waals surface area contributed by atoms with Gasteiger partial charge in [-0.2, -0.15) is 0 Å². The summed E-state index contributed by atoms with van der Waals surface area (Å²) in [6.45, 7) is 8.88. The maximum absolute atomic E-state index is 6.02. The summed E-state index contributed by atoms with van der Waals surface area (Å²) in [5.74, 6) is 2.49. The lowest BCUT2D eigenvalue weighted by Gasteiger charge is -2.33. The van der Waals surface area contributed by atoms with Gasteiger partial charge >= 0.3 is 0 Å². The molecule has 1 aliphatic rings. The number of aromatic nitrogens is 3. The molecule has 0 radical (unpaired) electrons. The van der Waals surface area contributed by atoms with Crippen LogP contribution in [0, 0.1) is 0 Å². The van der Waals surface area contributed by atoms with Crippen molar-refractivity contribution in [3.8, 4) is 0 Å². The van der Waals surface area contributed by atoms with Gasteiger partial charge in [-0.3, -0.25) is 0 Å². The van der Waals surface area contributed by atoms with E-state index < -0.39 is 0 Å². The van der Waals surface area contributed by atoms with Crippen molar-refractivity contribution in [1.29, 1.82) is 0 Å². The molecule has 0 spiro atoms. The summed E-state index contributed by atoms with van der Waals surface area (Å²) < 4.78 is 2.27. The van der Waals surface area contributed by atoms with Crippen LogP contribution in [0.25, 0.3) is 0 Å². The second kappa shape index (κ2) is 4.84. The molecule has 0 unspecified atom stereocenters. The zero-order chi connectivity index (χ0) is 13.4. The zero-order valence-electron chi connectivity index (χ0n) is 12.0. The van der Waals surface area contributed by atoms with Crippen molar-refractivity contribution in [3.63, 3.8) is 0 Å². The fourth-order valence-electron chi connectivity index (χ4n) is 3.24. The van der Waals surface area contributed by atoms with Crippen LogP contribution in [0.3, 0.4) is 0 Å². The minimum absolute atomic E-state index is 0.00613. The van der Waals surface area contributed by atoms with Gasteiger partial charge in [0, 0.05) is 11.0 Å². The molecule has 1 saturated carbocycles. The molecule has 1 aliphatic carbocycles. The van der Waals surface area contributed by atoms with Crippen LogP contribution >= 0.6 is 11.6 Å². The predicted octanol–water partition coefficient (Wildman–Crippen LogP) is 3.99. The average Bonchev–Trinajstić information content (AvgIpc) is 2.95. The highest BCUT2D eigenvalue weighted by atomic mass is 35.5. The Morgan fingerprint density at radius 3 is 2.28 bits per heavy atom. The fraction of sp³-hybridized carbons (Fsp3) is 0.857. The van der Waals surface area contributed by atoms with Gasteiger partial charge < -0.3 is 4.57 Å². The summed E-state index contributed by atoms with van der Waals surface area (Å²) in [7, 11) is 0. The first-order chi connectivity index (χ1) is 8.44. The van der Waals surface area contributed by atoms with Crippen LogP contribution < -0.4 is 0 Å². The number of rotatable bonds is 3. The smallest absolute Gasteiger partial charge is 0.148 e. The molecule has 0 N–H and O–H groups in total. The predicted molar refractivity (Wildman–Crippen MR) is 75.0 cm³/mol. The van der Waals surface area contributed by atoms with Crippen LogP contribution in [-0.4, -0.2) is 14.8 Å². The van der Waals surface area contributed by atoms with Crippen molar-refractivity contribution in [1.82, 2.24) is 14.8 Å². The molecule has 3 nitrogen and oxygen atoms in total. The quantitative estimate of drug-likeness (QED) is 0.777. The zero-order valence-corrected chi connectivity index (χ0v) is 12.7. The molecule has 1 fully saturated rings. The first-order valence-electron chi connectivity index (χ1n) is 6.96. The second-order valence-corrected chi connectivity index (χ2v) is 6.69. The van der Waals surface area contributed by atoms with Gasteiger partial charge in [-0.25, -0.2) is 0 Å².